The van der Waals surface area contributed by atoms with Crippen molar-refractivity contribution in [1.29, 1.82) is 0 Å². The van der Waals surface area contributed by atoms with Gasteiger partial charge in [-0.05, 0) is 52.3 Å². The van der Waals surface area contributed by atoms with Crippen LogP contribution in [0.1, 0.15) is 10.4 Å². The summed E-state index contributed by atoms with van der Waals surface area (Å²) in [5.41, 5.74) is 7.37. The molecule has 0 saturated carbocycles. The third kappa shape index (κ3) is 3.03. The van der Waals surface area contributed by atoms with E-state index in [2.05, 4.69) is 21.2 Å². The van der Waals surface area contributed by atoms with E-state index in [4.69, 9.17) is 10.8 Å². The normalized spacial score (nSPS) is 10.2. The molecular weight excluding hydrogens is 315 g/mol. The monoisotopic (exact) mass is 324 g/mol. The van der Waals surface area contributed by atoms with Crippen LogP contribution in [0.25, 0.3) is 0 Å². The summed E-state index contributed by atoms with van der Waals surface area (Å²) >= 11 is 3.23. The Hall–Kier alpha value is -2.08. The molecule has 0 atom stereocenters. The van der Waals surface area contributed by atoms with E-state index in [0.717, 1.165) is 0 Å². The number of rotatable bonds is 3. The Bertz CT molecular complexity index is 647. The molecule has 2 aromatic carbocycles. The highest BCUT2D eigenvalue weighted by atomic mass is 79.9. The number of benzene rings is 2. The van der Waals surface area contributed by atoms with E-state index in [0.29, 0.717) is 21.5 Å². The number of nitrogens with one attached hydrogen (secondary N) is 1. The lowest BCUT2D eigenvalue weighted by molar-refractivity contribution is 0.0697. The van der Waals surface area contributed by atoms with Crippen LogP contribution < -0.4 is 11.1 Å². The van der Waals surface area contributed by atoms with Crippen LogP contribution in [-0.2, 0) is 0 Å². The number of aromatic carboxylic acids is 1. The summed E-state index contributed by atoms with van der Waals surface area (Å²) in [4.78, 5) is 10.8. The molecule has 0 aromatic heterocycles. The molecule has 0 bridgehead atoms. The van der Waals surface area contributed by atoms with Gasteiger partial charge in [0.2, 0.25) is 0 Å². The molecule has 0 aliphatic carbocycles. The van der Waals surface area contributed by atoms with Gasteiger partial charge in [-0.15, -0.1) is 0 Å². The van der Waals surface area contributed by atoms with E-state index in [1.807, 2.05) is 0 Å². The largest absolute Gasteiger partial charge is 0.478 e. The van der Waals surface area contributed by atoms with Gasteiger partial charge in [0.05, 0.1) is 22.6 Å². The van der Waals surface area contributed by atoms with Gasteiger partial charge in [0.25, 0.3) is 0 Å². The minimum Gasteiger partial charge on any atom is -0.478 e. The number of hydrogen-bond donors (Lipinski definition) is 3. The molecular formula is C13H10BrFN2O2. The molecule has 4 nitrogen and oxygen atoms in total. The fourth-order valence-corrected chi connectivity index (χ4v) is 2.00. The van der Waals surface area contributed by atoms with Crippen molar-refractivity contribution in [2.75, 3.05) is 11.1 Å². The summed E-state index contributed by atoms with van der Waals surface area (Å²) in [5, 5.41) is 11.8. The maximum Gasteiger partial charge on any atom is 0.335 e. The van der Waals surface area contributed by atoms with Crippen LogP contribution in [0.15, 0.2) is 40.9 Å². The van der Waals surface area contributed by atoms with Crippen molar-refractivity contribution in [2.45, 2.75) is 0 Å². The van der Waals surface area contributed by atoms with Gasteiger partial charge >= 0.3 is 5.97 Å². The van der Waals surface area contributed by atoms with Crippen molar-refractivity contribution in [3.8, 4) is 0 Å². The van der Waals surface area contributed by atoms with Crippen molar-refractivity contribution in [2.24, 2.45) is 0 Å². The number of carboxylic acid groups (broad SMARTS) is 1. The summed E-state index contributed by atoms with van der Waals surface area (Å²) in [6.45, 7) is 0. The molecule has 0 saturated heterocycles. The average Bonchev–Trinajstić information content (AvgIpc) is 2.34. The van der Waals surface area contributed by atoms with Crippen LogP contribution in [0, 0.1) is 5.82 Å². The van der Waals surface area contributed by atoms with Crippen molar-refractivity contribution in [3.05, 3.63) is 52.3 Å². The van der Waals surface area contributed by atoms with Gasteiger partial charge in [0.1, 0.15) is 5.82 Å². The number of anilines is 3. The second kappa shape index (κ2) is 5.27. The zero-order valence-corrected chi connectivity index (χ0v) is 11.2. The van der Waals surface area contributed by atoms with Gasteiger partial charge in [-0.25, -0.2) is 9.18 Å². The molecule has 0 radical (unpaired) electrons. The first-order chi connectivity index (χ1) is 8.97. The number of halogens is 2. The van der Waals surface area contributed by atoms with Crippen LogP contribution >= 0.6 is 15.9 Å². The van der Waals surface area contributed by atoms with Crippen molar-refractivity contribution in [1.82, 2.24) is 0 Å². The van der Waals surface area contributed by atoms with Gasteiger partial charge in [-0.2, -0.15) is 0 Å². The fraction of sp³-hybridized carbons (Fsp3) is 0. The highest BCUT2D eigenvalue weighted by molar-refractivity contribution is 9.10. The molecule has 0 aliphatic heterocycles. The minimum absolute atomic E-state index is 0.112. The van der Waals surface area contributed by atoms with Crippen molar-refractivity contribution >= 4 is 39.0 Å². The predicted molar refractivity (Wildman–Crippen MR) is 75.2 cm³/mol. The average molecular weight is 325 g/mol. The van der Waals surface area contributed by atoms with Crippen LogP contribution in [0.2, 0.25) is 0 Å². The molecule has 0 amide bonds. The smallest absolute Gasteiger partial charge is 0.335 e. The zero-order valence-electron chi connectivity index (χ0n) is 9.65. The first-order valence-electron chi connectivity index (χ1n) is 5.32. The van der Waals surface area contributed by atoms with Crippen LogP contribution in [-0.4, -0.2) is 11.1 Å². The van der Waals surface area contributed by atoms with Gasteiger partial charge in [0, 0.05) is 4.47 Å². The third-order valence-corrected chi connectivity index (χ3v) is 3.16. The molecule has 6 heteroatoms. The van der Waals surface area contributed by atoms with Gasteiger partial charge in [-0.1, -0.05) is 0 Å². The lowest BCUT2D eigenvalue weighted by Gasteiger charge is -2.11. The van der Waals surface area contributed by atoms with Crippen LogP contribution in [0.4, 0.5) is 21.5 Å². The standard InChI is InChI=1S/C13H10BrFN2O2/c14-9-6-8(15)2-4-11(9)17-12-3-1-7(13(18)19)5-10(12)16/h1-6,17H,16H2,(H,18,19). The SMILES string of the molecule is Nc1cc(C(=O)O)ccc1Nc1ccc(F)cc1Br. The summed E-state index contributed by atoms with van der Waals surface area (Å²) in [7, 11) is 0. The third-order valence-electron chi connectivity index (χ3n) is 2.50. The molecule has 2 rings (SSSR count). The lowest BCUT2D eigenvalue weighted by atomic mass is 10.1. The number of carbonyl (C=O) groups is 1. The molecule has 4 N–H and O–H groups in total. The Labute approximate surface area is 117 Å². The number of nitrogens with two attached hydrogens (primary N) is 1. The minimum atomic E-state index is -1.04. The summed E-state index contributed by atoms with van der Waals surface area (Å²) in [6.07, 6.45) is 0. The van der Waals surface area contributed by atoms with E-state index in [1.54, 1.807) is 12.1 Å². The van der Waals surface area contributed by atoms with E-state index in [1.165, 1.54) is 24.3 Å². The Morgan fingerprint density at radius 3 is 2.47 bits per heavy atom. The van der Waals surface area contributed by atoms with E-state index in [9.17, 15) is 9.18 Å². The first-order valence-corrected chi connectivity index (χ1v) is 6.11. The van der Waals surface area contributed by atoms with Gasteiger partial charge < -0.3 is 16.2 Å². The number of nitrogen functional groups attached to an aromatic ring is 1. The highest BCUT2D eigenvalue weighted by Crippen LogP contribution is 2.29. The van der Waals surface area contributed by atoms with E-state index in [-0.39, 0.29) is 11.4 Å². The quantitative estimate of drug-likeness (QED) is 0.754. The van der Waals surface area contributed by atoms with E-state index >= 15 is 0 Å². The predicted octanol–water partition coefficient (Wildman–Crippen LogP) is 3.61. The summed E-state index contributed by atoms with van der Waals surface area (Å²) in [6, 6.07) is 8.57. The molecule has 2 aromatic rings. The Balaban J connectivity index is 2.31. The Morgan fingerprint density at radius 1 is 1.21 bits per heavy atom. The second-order valence-electron chi connectivity index (χ2n) is 3.86. The lowest BCUT2D eigenvalue weighted by Crippen LogP contribution is -2.01. The maximum absolute atomic E-state index is 13.0. The first kappa shape index (κ1) is 13.4. The van der Waals surface area contributed by atoms with Crippen molar-refractivity contribution in [3.63, 3.8) is 0 Å². The zero-order chi connectivity index (χ0) is 14.0. The van der Waals surface area contributed by atoms with Gasteiger partial charge in [-0.3, -0.25) is 0 Å². The van der Waals surface area contributed by atoms with Crippen LogP contribution in [0.3, 0.4) is 0 Å². The molecule has 0 aliphatic rings. The number of carboxylic acids is 1. The van der Waals surface area contributed by atoms with Crippen molar-refractivity contribution < 1.29 is 14.3 Å². The highest BCUT2D eigenvalue weighted by Gasteiger charge is 2.08. The molecule has 0 spiro atoms. The molecule has 0 fully saturated rings. The topological polar surface area (TPSA) is 75.4 Å². The molecule has 98 valence electrons. The van der Waals surface area contributed by atoms with Crippen LogP contribution in [0.5, 0.6) is 0 Å². The van der Waals surface area contributed by atoms with E-state index < -0.39 is 5.97 Å². The summed E-state index contributed by atoms with van der Waals surface area (Å²) < 4.78 is 13.5. The maximum atomic E-state index is 13.0. The molecule has 0 unspecified atom stereocenters. The molecule has 19 heavy (non-hydrogen) atoms. The fourth-order valence-electron chi connectivity index (χ4n) is 1.55. The summed E-state index contributed by atoms with van der Waals surface area (Å²) in [5.74, 6) is -1.40. The Kier molecular flexibility index (Phi) is 3.71. The number of hydrogen-bond acceptors (Lipinski definition) is 3. The van der Waals surface area contributed by atoms with Gasteiger partial charge in [0.15, 0.2) is 0 Å². The Morgan fingerprint density at radius 2 is 1.89 bits per heavy atom. The second-order valence-corrected chi connectivity index (χ2v) is 4.71. The molecule has 0 heterocycles.